The molecule has 3 heteroatoms. The lowest BCUT2D eigenvalue weighted by atomic mass is 9.99. The van der Waals surface area contributed by atoms with Crippen molar-refractivity contribution in [1.82, 2.24) is 9.55 Å². The molecule has 162 valence electrons. The van der Waals surface area contributed by atoms with Gasteiger partial charge in [-0.15, -0.1) is 0 Å². The van der Waals surface area contributed by atoms with E-state index in [1.165, 1.54) is 11.1 Å². The number of rotatable bonds is 4. The Morgan fingerprint density at radius 3 is 1.53 bits per heavy atom. The van der Waals surface area contributed by atoms with Crippen molar-refractivity contribution in [3.05, 3.63) is 127 Å². The molecule has 0 fully saturated rings. The average molecular weight is 439 g/mol. The number of fused-ring (bicyclic) bond motifs is 1. The quantitative estimate of drug-likeness (QED) is 0.276. The molecule has 0 aliphatic carbocycles. The maximum atomic E-state index is 5.08. The van der Waals surface area contributed by atoms with E-state index < -0.39 is 0 Å². The monoisotopic (exact) mass is 438 g/mol. The molecule has 0 atom stereocenters. The maximum absolute atomic E-state index is 5.08. The van der Waals surface area contributed by atoms with Crippen LogP contribution in [-0.4, -0.2) is 9.55 Å². The molecule has 0 saturated carbocycles. The Morgan fingerprint density at radius 2 is 1.00 bits per heavy atom. The molecule has 0 spiro atoms. The van der Waals surface area contributed by atoms with Crippen LogP contribution in [0.4, 0.5) is 0 Å². The van der Waals surface area contributed by atoms with Gasteiger partial charge in [0.2, 0.25) is 0 Å². The molecule has 0 N–H and O–H groups in total. The number of imidazole rings is 1. The summed E-state index contributed by atoms with van der Waals surface area (Å²) in [7, 11) is 2.09. The van der Waals surface area contributed by atoms with Crippen molar-refractivity contribution in [1.29, 1.82) is 0 Å². The van der Waals surface area contributed by atoms with Gasteiger partial charge in [0.15, 0.2) is 5.52 Å². The highest BCUT2D eigenvalue weighted by atomic mass is 15.2. The van der Waals surface area contributed by atoms with Crippen molar-refractivity contribution in [2.75, 3.05) is 0 Å². The molecular formula is C31H24N3+. The number of hydrogen-bond acceptors (Lipinski definition) is 1. The summed E-state index contributed by atoms with van der Waals surface area (Å²) in [4.78, 5) is 5.08. The first-order valence-electron chi connectivity index (χ1n) is 11.5. The average Bonchev–Trinajstić information content (AvgIpc) is 3.25. The summed E-state index contributed by atoms with van der Waals surface area (Å²) in [5.74, 6) is 0.888. The number of aromatic nitrogens is 3. The van der Waals surface area contributed by atoms with Gasteiger partial charge < -0.3 is 0 Å². The molecule has 3 nitrogen and oxygen atoms in total. The molecule has 34 heavy (non-hydrogen) atoms. The second-order valence-corrected chi connectivity index (χ2v) is 8.41. The third-order valence-corrected chi connectivity index (χ3v) is 6.28. The fraction of sp³-hybridized carbons (Fsp3) is 0.0323. The summed E-state index contributed by atoms with van der Waals surface area (Å²) in [6.07, 6.45) is 0. The molecule has 2 heterocycles. The van der Waals surface area contributed by atoms with Gasteiger partial charge in [0.1, 0.15) is 16.9 Å². The van der Waals surface area contributed by atoms with E-state index in [-0.39, 0.29) is 0 Å². The minimum atomic E-state index is 0.888. The van der Waals surface area contributed by atoms with Gasteiger partial charge in [0.05, 0.1) is 7.05 Å². The van der Waals surface area contributed by atoms with Gasteiger partial charge >= 0.3 is 5.95 Å². The van der Waals surface area contributed by atoms with E-state index in [0.29, 0.717) is 0 Å². The van der Waals surface area contributed by atoms with Crippen molar-refractivity contribution in [3.8, 4) is 39.6 Å². The fourth-order valence-electron chi connectivity index (χ4n) is 4.58. The maximum Gasteiger partial charge on any atom is 0.405 e. The SMILES string of the molecule is Cn1c(-[n+]2c(-c3ccccc3)cc(-c3ccccc3)cc2-c2ccccc2)nc2ccccc21. The van der Waals surface area contributed by atoms with Gasteiger partial charge in [0.25, 0.3) is 0 Å². The number of aryl methyl sites for hydroxylation is 1. The van der Waals surface area contributed by atoms with Gasteiger partial charge in [-0.1, -0.05) is 108 Å². The molecule has 0 amide bonds. The second-order valence-electron chi connectivity index (χ2n) is 8.41. The summed E-state index contributed by atoms with van der Waals surface area (Å²) in [6, 6.07) is 44.5. The van der Waals surface area contributed by atoms with Crippen LogP contribution in [0.5, 0.6) is 0 Å². The topological polar surface area (TPSA) is 21.7 Å². The van der Waals surface area contributed by atoms with Crippen LogP contribution in [-0.2, 0) is 7.05 Å². The zero-order chi connectivity index (χ0) is 22.9. The van der Waals surface area contributed by atoms with Crippen molar-refractivity contribution >= 4 is 11.0 Å². The van der Waals surface area contributed by atoms with Gasteiger partial charge in [-0.25, -0.2) is 4.57 Å². The zero-order valence-electron chi connectivity index (χ0n) is 19.0. The summed E-state index contributed by atoms with van der Waals surface area (Å²) in [5, 5.41) is 0. The third kappa shape index (κ3) is 3.48. The van der Waals surface area contributed by atoms with Gasteiger partial charge in [0, 0.05) is 11.1 Å². The lowest BCUT2D eigenvalue weighted by Gasteiger charge is -2.16. The number of pyridine rings is 1. The van der Waals surface area contributed by atoms with E-state index >= 15 is 0 Å². The van der Waals surface area contributed by atoms with Gasteiger partial charge in [-0.2, -0.15) is 4.57 Å². The summed E-state index contributed by atoms with van der Waals surface area (Å²) in [5.41, 5.74) is 8.93. The highest BCUT2D eigenvalue weighted by molar-refractivity contribution is 5.78. The second kappa shape index (κ2) is 8.45. The normalized spacial score (nSPS) is 11.1. The smallest absolute Gasteiger partial charge is 0.227 e. The molecule has 0 unspecified atom stereocenters. The predicted octanol–water partition coefficient (Wildman–Crippen LogP) is 6.85. The van der Waals surface area contributed by atoms with Crippen LogP contribution in [0.2, 0.25) is 0 Å². The molecule has 6 aromatic rings. The van der Waals surface area contributed by atoms with Gasteiger partial charge in [-0.05, 0) is 35.4 Å². The van der Waals surface area contributed by atoms with E-state index in [1.54, 1.807) is 0 Å². The Hall–Kier alpha value is -4.50. The van der Waals surface area contributed by atoms with E-state index in [9.17, 15) is 0 Å². The molecule has 4 aromatic carbocycles. The summed E-state index contributed by atoms with van der Waals surface area (Å²) >= 11 is 0. The first-order valence-corrected chi connectivity index (χ1v) is 11.5. The lowest BCUT2D eigenvalue weighted by molar-refractivity contribution is -0.581. The van der Waals surface area contributed by atoms with Gasteiger partial charge in [-0.3, -0.25) is 0 Å². The lowest BCUT2D eigenvalue weighted by Crippen LogP contribution is -2.39. The molecule has 2 aromatic heterocycles. The molecule has 0 aliphatic heterocycles. The summed E-state index contributed by atoms with van der Waals surface area (Å²) < 4.78 is 4.47. The van der Waals surface area contributed by atoms with Crippen molar-refractivity contribution in [2.24, 2.45) is 7.05 Å². The molecule has 0 radical (unpaired) electrons. The summed E-state index contributed by atoms with van der Waals surface area (Å²) in [6.45, 7) is 0. The molecule has 6 rings (SSSR count). The van der Waals surface area contributed by atoms with Crippen molar-refractivity contribution in [2.45, 2.75) is 0 Å². The minimum Gasteiger partial charge on any atom is -0.227 e. The molecule has 0 bridgehead atoms. The minimum absolute atomic E-state index is 0.888. The van der Waals surface area contributed by atoms with Crippen molar-refractivity contribution < 1.29 is 4.57 Å². The Morgan fingerprint density at radius 1 is 0.529 bits per heavy atom. The Bertz CT molecular complexity index is 1520. The fourth-order valence-corrected chi connectivity index (χ4v) is 4.58. The largest absolute Gasteiger partial charge is 0.405 e. The van der Waals surface area contributed by atoms with E-state index in [1.807, 2.05) is 6.07 Å². The molecule has 0 aliphatic rings. The standard InChI is InChI=1S/C31H24N3/c1-33-28-20-12-11-19-27(28)32-31(33)34-29(24-15-7-3-8-16-24)21-26(23-13-5-2-6-14-23)22-30(34)25-17-9-4-10-18-25/h2-22H,1H3/q+1. The van der Waals surface area contributed by atoms with E-state index in [0.717, 1.165) is 39.5 Å². The highest BCUT2D eigenvalue weighted by Gasteiger charge is 2.26. The third-order valence-electron chi connectivity index (χ3n) is 6.28. The Labute approximate surface area is 199 Å². The Kier molecular flexibility index (Phi) is 5.00. The Balaban J connectivity index is 1.74. The molecule has 0 saturated heterocycles. The van der Waals surface area contributed by atoms with Crippen LogP contribution in [0.1, 0.15) is 0 Å². The van der Waals surface area contributed by atoms with Crippen LogP contribution in [0.15, 0.2) is 127 Å². The van der Waals surface area contributed by atoms with Crippen LogP contribution < -0.4 is 4.57 Å². The number of nitrogens with zero attached hydrogens (tertiary/aromatic N) is 3. The van der Waals surface area contributed by atoms with Crippen LogP contribution in [0.3, 0.4) is 0 Å². The van der Waals surface area contributed by atoms with E-state index in [2.05, 4.69) is 138 Å². The zero-order valence-corrected chi connectivity index (χ0v) is 19.0. The van der Waals surface area contributed by atoms with Crippen LogP contribution >= 0.6 is 0 Å². The number of hydrogen-bond donors (Lipinski definition) is 0. The first-order chi connectivity index (χ1) is 16.8. The number of benzene rings is 4. The highest BCUT2D eigenvalue weighted by Crippen LogP contribution is 2.30. The van der Waals surface area contributed by atoms with Crippen LogP contribution in [0, 0.1) is 0 Å². The molecular weight excluding hydrogens is 414 g/mol. The predicted molar refractivity (Wildman–Crippen MR) is 139 cm³/mol. The van der Waals surface area contributed by atoms with E-state index in [4.69, 9.17) is 4.98 Å². The first kappa shape index (κ1) is 20.1. The van der Waals surface area contributed by atoms with Crippen molar-refractivity contribution in [3.63, 3.8) is 0 Å². The van der Waals surface area contributed by atoms with Crippen LogP contribution in [0.25, 0.3) is 50.6 Å². The number of para-hydroxylation sites is 2.